The van der Waals surface area contributed by atoms with Crippen molar-refractivity contribution in [3.63, 3.8) is 0 Å². The SMILES string of the molecule is CCN[C@H](C)CNC(=O)CCCc1ccccc1.Cl. The molecule has 0 aliphatic carbocycles. The van der Waals surface area contributed by atoms with Crippen LogP contribution in [0.4, 0.5) is 0 Å². The highest BCUT2D eigenvalue weighted by atomic mass is 35.5. The lowest BCUT2D eigenvalue weighted by Crippen LogP contribution is -2.38. The number of hydrogen-bond donors (Lipinski definition) is 2. The van der Waals surface area contributed by atoms with Crippen molar-refractivity contribution in [2.45, 2.75) is 39.2 Å². The minimum atomic E-state index is 0. The van der Waals surface area contributed by atoms with Crippen LogP contribution in [0.5, 0.6) is 0 Å². The van der Waals surface area contributed by atoms with E-state index in [1.165, 1.54) is 5.56 Å². The molecule has 0 aromatic heterocycles. The maximum atomic E-state index is 11.6. The Hall–Kier alpha value is -1.06. The summed E-state index contributed by atoms with van der Waals surface area (Å²) in [4.78, 5) is 11.6. The van der Waals surface area contributed by atoms with Crippen LogP contribution in [0.2, 0.25) is 0 Å². The predicted octanol–water partition coefficient (Wildman–Crippen LogP) is 2.55. The minimum absolute atomic E-state index is 0. The van der Waals surface area contributed by atoms with Gasteiger partial charge in [-0.25, -0.2) is 0 Å². The highest BCUT2D eigenvalue weighted by molar-refractivity contribution is 5.85. The second kappa shape index (κ2) is 10.8. The summed E-state index contributed by atoms with van der Waals surface area (Å²) in [5, 5.41) is 6.22. The number of benzene rings is 1. The molecule has 108 valence electrons. The van der Waals surface area contributed by atoms with Crippen molar-refractivity contribution in [1.29, 1.82) is 0 Å². The molecule has 1 rings (SSSR count). The van der Waals surface area contributed by atoms with Crippen molar-refractivity contribution in [3.05, 3.63) is 35.9 Å². The van der Waals surface area contributed by atoms with Crippen LogP contribution in [0.25, 0.3) is 0 Å². The number of nitrogens with one attached hydrogen (secondary N) is 2. The van der Waals surface area contributed by atoms with Gasteiger partial charge in [-0.3, -0.25) is 4.79 Å². The van der Waals surface area contributed by atoms with Gasteiger partial charge in [0.2, 0.25) is 5.91 Å². The smallest absolute Gasteiger partial charge is 0.220 e. The number of rotatable bonds is 8. The fourth-order valence-electron chi connectivity index (χ4n) is 1.87. The average Bonchev–Trinajstić information content (AvgIpc) is 2.38. The van der Waals surface area contributed by atoms with Gasteiger partial charge < -0.3 is 10.6 Å². The van der Waals surface area contributed by atoms with Gasteiger partial charge in [0.15, 0.2) is 0 Å². The standard InChI is InChI=1S/C15H24N2O.ClH/c1-3-16-13(2)12-17-15(18)11-7-10-14-8-5-4-6-9-14;/h4-6,8-9,13,16H,3,7,10-12H2,1-2H3,(H,17,18);1H/t13-;/m1./s1. The Bertz CT molecular complexity index is 343. The van der Waals surface area contributed by atoms with Gasteiger partial charge in [-0.1, -0.05) is 37.3 Å². The molecule has 0 heterocycles. The first-order valence-electron chi connectivity index (χ1n) is 6.76. The van der Waals surface area contributed by atoms with Crippen molar-refractivity contribution in [2.75, 3.05) is 13.1 Å². The average molecular weight is 285 g/mol. The van der Waals surface area contributed by atoms with E-state index in [1.807, 2.05) is 18.2 Å². The predicted molar refractivity (Wildman–Crippen MR) is 82.8 cm³/mol. The van der Waals surface area contributed by atoms with Gasteiger partial charge in [0.1, 0.15) is 0 Å². The van der Waals surface area contributed by atoms with E-state index < -0.39 is 0 Å². The molecular weight excluding hydrogens is 260 g/mol. The van der Waals surface area contributed by atoms with E-state index in [0.717, 1.165) is 19.4 Å². The molecule has 0 spiro atoms. The first kappa shape index (κ1) is 17.9. The fraction of sp³-hybridized carbons (Fsp3) is 0.533. The molecular formula is C15H25ClN2O. The van der Waals surface area contributed by atoms with Crippen LogP contribution >= 0.6 is 12.4 Å². The number of aryl methyl sites for hydroxylation is 1. The summed E-state index contributed by atoms with van der Waals surface area (Å²) < 4.78 is 0. The van der Waals surface area contributed by atoms with Crippen molar-refractivity contribution in [1.82, 2.24) is 10.6 Å². The van der Waals surface area contributed by atoms with Crippen LogP contribution in [0.15, 0.2) is 30.3 Å². The third kappa shape index (κ3) is 8.62. The lowest BCUT2D eigenvalue weighted by molar-refractivity contribution is -0.121. The summed E-state index contributed by atoms with van der Waals surface area (Å²) in [5.41, 5.74) is 1.30. The summed E-state index contributed by atoms with van der Waals surface area (Å²) in [7, 11) is 0. The summed E-state index contributed by atoms with van der Waals surface area (Å²) >= 11 is 0. The van der Waals surface area contributed by atoms with E-state index in [2.05, 4.69) is 36.6 Å². The molecule has 0 radical (unpaired) electrons. The highest BCUT2D eigenvalue weighted by Gasteiger charge is 2.04. The maximum absolute atomic E-state index is 11.6. The largest absolute Gasteiger partial charge is 0.355 e. The van der Waals surface area contributed by atoms with Crippen LogP contribution in [0.1, 0.15) is 32.3 Å². The molecule has 0 saturated heterocycles. The van der Waals surface area contributed by atoms with Crippen molar-refractivity contribution < 1.29 is 4.79 Å². The van der Waals surface area contributed by atoms with Crippen LogP contribution in [0.3, 0.4) is 0 Å². The van der Waals surface area contributed by atoms with Gasteiger partial charge in [0.05, 0.1) is 0 Å². The Morgan fingerprint density at radius 3 is 2.58 bits per heavy atom. The van der Waals surface area contributed by atoms with Gasteiger partial charge in [-0.15, -0.1) is 12.4 Å². The van der Waals surface area contributed by atoms with E-state index in [1.54, 1.807) is 0 Å². The van der Waals surface area contributed by atoms with Crippen molar-refractivity contribution >= 4 is 18.3 Å². The van der Waals surface area contributed by atoms with E-state index in [-0.39, 0.29) is 18.3 Å². The van der Waals surface area contributed by atoms with Crippen LogP contribution in [-0.4, -0.2) is 25.0 Å². The second-order valence-electron chi connectivity index (χ2n) is 4.60. The lowest BCUT2D eigenvalue weighted by Gasteiger charge is -2.13. The second-order valence-corrected chi connectivity index (χ2v) is 4.60. The Balaban J connectivity index is 0.00000324. The van der Waals surface area contributed by atoms with Crippen molar-refractivity contribution in [3.8, 4) is 0 Å². The molecule has 0 fully saturated rings. The Morgan fingerprint density at radius 1 is 1.26 bits per heavy atom. The third-order valence-electron chi connectivity index (χ3n) is 2.87. The van der Waals surface area contributed by atoms with E-state index in [9.17, 15) is 4.79 Å². The van der Waals surface area contributed by atoms with Crippen LogP contribution < -0.4 is 10.6 Å². The molecule has 0 saturated carbocycles. The van der Waals surface area contributed by atoms with E-state index in [0.29, 0.717) is 19.0 Å². The summed E-state index contributed by atoms with van der Waals surface area (Å²) in [6, 6.07) is 10.6. The molecule has 0 bridgehead atoms. The summed E-state index contributed by atoms with van der Waals surface area (Å²) in [6.07, 6.45) is 2.48. The minimum Gasteiger partial charge on any atom is -0.355 e. The quantitative estimate of drug-likeness (QED) is 0.770. The molecule has 0 unspecified atom stereocenters. The molecule has 1 atom stereocenters. The molecule has 2 N–H and O–H groups in total. The number of halogens is 1. The zero-order chi connectivity index (χ0) is 13.2. The number of amides is 1. The van der Waals surface area contributed by atoms with Gasteiger partial charge in [-0.05, 0) is 31.9 Å². The number of carbonyl (C=O) groups is 1. The fourth-order valence-corrected chi connectivity index (χ4v) is 1.87. The van der Waals surface area contributed by atoms with Gasteiger partial charge in [0.25, 0.3) is 0 Å². The summed E-state index contributed by atoms with van der Waals surface area (Å²) in [5.74, 6) is 0.149. The van der Waals surface area contributed by atoms with Crippen LogP contribution in [-0.2, 0) is 11.2 Å². The van der Waals surface area contributed by atoms with Gasteiger partial charge >= 0.3 is 0 Å². The van der Waals surface area contributed by atoms with Gasteiger partial charge in [0, 0.05) is 19.0 Å². The number of hydrogen-bond acceptors (Lipinski definition) is 2. The third-order valence-corrected chi connectivity index (χ3v) is 2.87. The van der Waals surface area contributed by atoms with Gasteiger partial charge in [-0.2, -0.15) is 0 Å². The monoisotopic (exact) mass is 284 g/mol. The van der Waals surface area contributed by atoms with E-state index >= 15 is 0 Å². The molecule has 0 aliphatic heterocycles. The number of carbonyl (C=O) groups excluding carboxylic acids is 1. The highest BCUT2D eigenvalue weighted by Crippen LogP contribution is 2.04. The normalized spacial score (nSPS) is 11.5. The number of likely N-dealkylation sites (N-methyl/N-ethyl adjacent to an activating group) is 1. The lowest BCUT2D eigenvalue weighted by atomic mass is 10.1. The molecule has 3 nitrogen and oxygen atoms in total. The molecule has 0 aliphatic rings. The maximum Gasteiger partial charge on any atom is 0.220 e. The summed E-state index contributed by atoms with van der Waals surface area (Å²) in [6.45, 7) is 5.79. The Morgan fingerprint density at radius 2 is 1.95 bits per heavy atom. The molecule has 1 aromatic rings. The molecule has 4 heteroatoms. The topological polar surface area (TPSA) is 41.1 Å². The van der Waals surface area contributed by atoms with Crippen molar-refractivity contribution in [2.24, 2.45) is 0 Å². The Labute approximate surface area is 122 Å². The molecule has 1 aromatic carbocycles. The molecule has 19 heavy (non-hydrogen) atoms. The Kier molecular flexibility index (Phi) is 10.2. The zero-order valence-electron chi connectivity index (χ0n) is 11.8. The first-order valence-corrected chi connectivity index (χ1v) is 6.76. The van der Waals surface area contributed by atoms with Crippen LogP contribution in [0, 0.1) is 0 Å². The zero-order valence-corrected chi connectivity index (χ0v) is 12.6. The van der Waals surface area contributed by atoms with E-state index in [4.69, 9.17) is 0 Å². The first-order chi connectivity index (χ1) is 8.72. The molecule has 1 amide bonds.